The third kappa shape index (κ3) is 9.63. The van der Waals surface area contributed by atoms with Gasteiger partial charge in [-0.1, -0.05) is 73.7 Å². The number of fused-ring (bicyclic) bond motifs is 1. The number of benzene rings is 3. The lowest BCUT2D eigenvalue weighted by Gasteiger charge is -2.30. The molecular formula is C37H43N5O5S2. The van der Waals surface area contributed by atoms with Gasteiger partial charge in [0.2, 0.25) is 10.0 Å². The Morgan fingerprint density at radius 2 is 1.65 bits per heavy atom. The molecule has 0 radical (unpaired) electrons. The van der Waals surface area contributed by atoms with Crippen LogP contribution in [0.15, 0.2) is 96.2 Å². The van der Waals surface area contributed by atoms with Gasteiger partial charge >= 0.3 is 0 Å². The van der Waals surface area contributed by atoms with Crippen molar-refractivity contribution in [1.82, 2.24) is 19.6 Å². The lowest BCUT2D eigenvalue weighted by Crippen LogP contribution is -2.52. The molecule has 0 saturated carbocycles. The number of amides is 1. The molecule has 2 atom stereocenters. The number of carbonyl (C=O) groups excluding carboxylic acids is 1. The summed E-state index contributed by atoms with van der Waals surface area (Å²) >= 11 is 1.37. The summed E-state index contributed by atoms with van der Waals surface area (Å²) in [4.78, 5) is 22.0. The first-order valence-electron chi connectivity index (χ1n) is 16.2. The number of hydrogen-bond donors (Lipinski definition) is 3. The summed E-state index contributed by atoms with van der Waals surface area (Å²) in [5.41, 5.74) is 4.46. The highest BCUT2D eigenvalue weighted by Crippen LogP contribution is 2.30. The van der Waals surface area contributed by atoms with E-state index in [2.05, 4.69) is 20.6 Å². The molecule has 0 bridgehead atoms. The fourth-order valence-electron chi connectivity index (χ4n) is 5.55. The van der Waals surface area contributed by atoms with E-state index in [1.807, 2.05) is 88.4 Å². The van der Waals surface area contributed by atoms with Crippen molar-refractivity contribution in [1.29, 1.82) is 0 Å². The molecule has 0 aliphatic carbocycles. The second-order valence-corrected chi connectivity index (χ2v) is 15.5. The Balaban J connectivity index is 1.33. The van der Waals surface area contributed by atoms with Gasteiger partial charge in [-0.25, -0.2) is 13.4 Å². The highest BCUT2D eigenvalue weighted by Gasteiger charge is 2.32. The lowest BCUT2D eigenvalue weighted by molar-refractivity contribution is -0.124. The number of nitrogens with zero attached hydrogens (tertiary/aromatic N) is 3. The molecule has 0 aliphatic heterocycles. The van der Waals surface area contributed by atoms with Gasteiger partial charge in [-0.05, 0) is 78.8 Å². The van der Waals surface area contributed by atoms with Gasteiger partial charge in [0.1, 0.15) is 5.75 Å². The molecule has 49 heavy (non-hydrogen) atoms. The Morgan fingerprint density at radius 1 is 0.939 bits per heavy atom. The lowest BCUT2D eigenvalue weighted by atomic mass is 10.0. The van der Waals surface area contributed by atoms with E-state index in [9.17, 15) is 18.3 Å². The van der Waals surface area contributed by atoms with E-state index in [0.29, 0.717) is 29.4 Å². The van der Waals surface area contributed by atoms with Crippen molar-refractivity contribution in [3.8, 4) is 5.75 Å². The van der Waals surface area contributed by atoms with Crippen LogP contribution in [-0.2, 0) is 27.8 Å². The molecule has 12 heteroatoms. The number of pyridine rings is 1. The van der Waals surface area contributed by atoms with Gasteiger partial charge in [0.05, 0.1) is 27.3 Å². The van der Waals surface area contributed by atoms with Gasteiger partial charge in [0, 0.05) is 32.0 Å². The van der Waals surface area contributed by atoms with Crippen LogP contribution in [0.25, 0.3) is 10.2 Å². The molecule has 0 spiro atoms. The van der Waals surface area contributed by atoms with Crippen LogP contribution in [0.1, 0.15) is 36.1 Å². The number of carbonyl (C=O) groups is 1. The maximum atomic E-state index is 14.2. The van der Waals surface area contributed by atoms with Crippen LogP contribution in [0, 0.1) is 19.8 Å². The third-order valence-corrected chi connectivity index (χ3v) is 10.8. The maximum Gasteiger partial charge on any atom is 0.258 e. The number of aliphatic hydroxyl groups excluding tert-OH is 1. The van der Waals surface area contributed by atoms with Gasteiger partial charge in [-0.3, -0.25) is 9.78 Å². The van der Waals surface area contributed by atoms with E-state index in [-0.39, 0.29) is 30.5 Å². The number of aromatic nitrogens is 2. The van der Waals surface area contributed by atoms with Gasteiger partial charge < -0.3 is 20.5 Å². The van der Waals surface area contributed by atoms with Crippen molar-refractivity contribution in [2.75, 3.05) is 25.0 Å². The quantitative estimate of drug-likeness (QED) is 0.119. The van der Waals surface area contributed by atoms with E-state index in [1.54, 1.807) is 30.6 Å². The minimum absolute atomic E-state index is 0.0222. The topological polar surface area (TPSA) is 134 Å². The molecule has 1 amide bonds. The molecule has 0 aliphatic rings. The van der Waals surface area contributed by atoms with Crippen LogP contribution in [0.5, 0.6) is 5.75 Å². The molecule has 258 valence electrons. The normalized spacial score (nSPS) is 13.0. The predicted octanol–water partition coefficient (Wildman–Crippen LogP) is 5.73. The number of ether oxygens (including phenoxy) is 1. The van der Waals surface area contributed by atoms with Crippen LogP contribution in [0.4, 0.5) is 5.13 Å². The average molecular weight is 702 g/mol. The Kier molecular flexibility index (Phi) is 12.0. The largest absolute Gasteiger partial charge is 0.483 e. The zero-order valence-corrected chi connectivity index (χ0v) is 29.8. The molecule has 0 saturated heterocycles. The fraction of sp³-hybridized carbons (Fsp3) is 0.324. The van der Waals surface area contributed by atoms with Crippen LogP contribution < -0.4 is 15.4 Å². The number of sulfonamides is 1. The van der Waals surface area contributed by atoms with Gasteiger partial charge in [-0.15, -0.1) is 0 Å². The number of hydrogen-bond acceptors (Lipinski definition) is 9. The third-order valence-electron chi connectivity index (χ3n) is 8.02. The van der Waals surface area contributed by atoms with Crippen molar-refractivity contribution in [3.05, 3.63) is 114 Å². The van der Waals surface area contributed by atoms with E-state index in [4.69, 9.17) is 4.74 Å². The molecule has 10 nitrogen and oxygen atoms in total. The van der Waals surface area contributed by atoms with E-state index in [1.165, 1.54) is 15.6 Å². The van der Waals surface area contributed by atoms with Crippen molar-refractivity contribution < 1.29 is 23.1 Å². The molecule has 0 unspecified atom stereocenters. The van der Waals surface area contributed by atoms with Crippen LogP contribution in [0.2, 0.25) is 0 Å². The Labute approximate surface area is 292 Å². The summed E-state index contributed by atoms with van der Waals surface area (Å²) in [7, 11) is -4.03. The maximum absolute atomic E-state index is 14.2. The minimum atomic E-state index is -4.03. The molecular weight excluding hydrogens is 659 g/mol. The second kappa shape index (κ2) is 16.4. The minimum Gasteiger partial charge on any atom is -0.483 e. The van der Waals surface area contributed by atoms with Crippen molar-refractivity contribution in [2.45, 2.75) is 57.7 Å². The fourth-order valence-corrected chi connectivity index (χ4v) is 8.17. The highest BCUT2D eigenvalue weighted by molar-refractivity contribution is 7.89. The van der Waals surface area contributed by atoms with E-state index in [0.717, 1.165) is 27.0 Å². The molecule has 5 aromatic rings. The van der Waals surface area contributed by atoms with Crippen LogP contribution in [0.3, 0.4) is 0 Å². The zero-order valence-electron chi connectivity index (χ0n) is 28.2. The predicted molar refractivity (Wildman–Crippen MR) is 194 cm³/mol. The number of aliphatic hydroxyl groups is 1. The van der Waals surface area contributed by atoms with E-state index < -0.39 is 28.1 Å². The summed E-state index contributed by atoms with van der Waals surface area (Å²) in [5.74, 6) is 0.206. The Bertz CT molecular complexity index is 1930. The Morgan fingerprint density at radius 3 is 2.35 bits per heavy atom. The number of anilines is 1. The first kappa shape index (κ1) is 35.9. The van der Waals surface area contributed by atoms with Gasteiger partial charge in [-0.2, -0.15) is 4.31 Å². The van der Waals surface area contributed by atoms with Crippen LogP contribution >= 0.6 is 11.3 Å². The number of aryl methyl sites for hydroxylation is 2. The summed E-state index contributed by atoms with van der Waals surface area (Å²) in [5, 5.41) is 18.5. The number of thiazole rings is 1. The van der Waals surface area contributed by atoms with Crippen molar-refractivity contribution >= 4 is 42.6 Å². The molecule has 2 heterocycles. The standard InChI is InChI=1S/C37H43N5O5S2/c1-25(2)22-42(49(45,46)30-13-14-31-34(20-30)48-37(41-31)39-21-29-15-17-38-18-16-29)23-33(43)32(19-28-11-6-5-7-12-28)40-35(44)24-47-36-26(3)9-8-10-27(36)4/h5-18,20,25,32-33,43H,19,21-24H2,1-4H3,(H,39,41)(H,40,44)/t32-,33+/m0/s1. The Hall–Kier alpha value is -4.36. The van der Waals surface area contributed by atoms with Gasteiger partial charge in [0.15, 0.2) is 11.7 Å². The second-order valence-electron chi connectivity index (χ2n) is 12.5. The number of nitrogens with one attached hydrogen (secondary N) is 2. The molecule has 3 N–H and O–H groups in total. The molecule has 0 fully saturated rings. The zero-order chi connectivity index (χ0) is 35.0. The monoisotopic (exact) mass is 701 g/mol. The summed E-state index contributed by atoms with van der Waals surface area (Å²) in [6.45, 7) is 7.97. The first-order chi connectivity index (χ1) is 23.5. The average Bonchev–Trinajstić information content (AvgIpc) is 3.50. The van der Waals surface area contributed by atoms with Crippen molar-refractivity contribution in [2.24, 2.45) is 5.92 Å². The van der Waals surface area contributed by atoms with Crippen LogP contribution in [-0.4, -0.2) is 65.5 Å². The molecule has 2 aromatic heterocycles. The van der Waals surface area contributed by atoms with E-state index >= 15 is 0 Å². The van der Waals surface area contributed by atoms with Gasteiger partial charge in [0.25, 0.3) is 5.91 Å². The summed E-state index contributed by atoms with van der Waals surface area (Å²) < 4.78 is 36.2. The molecule has 5 rings (SSSR count). The van der Waals surface area contributed by atoms with Crippen molar-refractivity contribution in [3.63, 3.8) is 0 Å². The first-order valence-corrected chi connectivity index (χ1v) is 18.5. The summed E-state index contributed by atoms with van der Waals surface area (Å²) in [6.07, 6.45) is 2.54. The smallest absolute Gasteiger partial charge is 0.258 e. The molecule has 3 aromatic carbocycles. The highest BCUT2D eigenvalue weighted by atomic mass is 32.2. The SMILES string of the molecule is Cc1cccc(C)c1OCC(=O)N[C@@H](Cc1ccccc1)[C@H](O)CN(CC(C)C)S(=O)(=O)c1ccc2nc(NCc3ccncc3)sc2c1. The number of rotatable bonds is 16. The summed E-state index contributed by atoms with van der Waals surface area (Å²) in [6, 6.07) is 23.2. The number of para-hydroxylation sites is 1.